The molecule has 0 aliphatic heterocycles. The number of carbonyl (C=O) groups is 1. The van der Waals surface area contributed by atoms with E-state index in [1.165, 1.54) is 7.11 Å². The van der Waals surface area contributed by atoms with Crippen LogP contribution in [0.15, 0.2) is 24.3 Å². The molecule has 5 heteroatoms. The number of fused-ring (bicyclic) bond motifs is 3. The zero-order chi connectivity index (χ0) is 14.3. The summed E-state index contributed by atoms with van der Waals surface area (Å²) in [4.78, 5) is 19.3. The Kier molecular flexibility index (Phi) is 2.82. The predicted octanol–water partition coefficient (Wildman–Crippen LogP) is 2.77. The van der Waals surface area contributed by atoms with Gasteiger partial charge in [0.05, 0.1) is 18.3 Å². The third kappa shape index (κ3) is 1.79. The number of benzene rings is 1. The van der Waals surface area contributed by atoms with Gasteiger partial charge in [-0.3, -0.25) is 0 Å². The highest BCUT2D eigenvalue weighted by molar-refractivity contribution is 6.10. The normalized spacial score (nSPS) is 11.1. The van der Waals surface area contributed by atoms with E-state index in [-0.39, 0.29) is 11.4 Å². The molecule has 0 saturated heterocycles. The molecule has 0 amide bonds. The first kappa shape index (κ1) is 12.5. The lowest BCUT2D eigenvalue weighted by Crippen LogP contribution is -2.06. The molecule has 3 rings (SSSR count). The van der Waals surface area contributed by atoms with E-state index in [9.17, 15) is 9.90 Å². The molecule has 0 bridgehead atoms. The fourth-order valence-electron chi connectivity index (χ4n) is 2.41. The van der Waals surface area contributed by atoms with Crippen molar-refractivity contribution in [2.45, 2.75) is 13.3 Å². The van der Waals surface area contributed by atoms with Gasteiger partial charge in [-0.1, -0.05) is 6.92 Å². The standard InChI is InChI=1S/C15H14N2O3/c1-3-11-14-10(7-13(16-11)15(19)20-2)9-6-8(18)4-5-12(9)17-14/h4-7,17-18H,3H2,1-2H3. The minimum Gasteiger partial charge on any atom is -0.508 e. The zero-order valence-corrected chi connectivity index (χ0v) is 11.2. The Labute approximate surface area is 115 Å². The number of phenols is 1. The lowest BCUT2D eigenvalue weighted by atomic mass is 10.1. The molecule has 0 saturated carbocycles. The van der Waals surface area contributed by atoms with Gasteiger partial charge in [-0.25, -0.2) is 9.78 Å². The number of H-pyrrole nitrogens is 1. The quantitative estimate of drug-likeness (QED) is 0.702. The van der Waals surface area contributed by atoms with Gasteiger partial charge in [-0.2, -0.15) is 0 Å². The van der Waals surface area contributed by atoms with Crippen LogP contribution in [-0.2, 0) is 11.2 Å². The summed E-state index contributed by atoms with van der Waals surface area (Å²) in [6, 6.07) is 6.80. The zero-order valence-electron chi connectivity index (χ0n) is 11.2. The van der Waals surface area contributed by atoms with Crippen molar-refractivity contribution in [1.82, 2.24) is 9.97 Å². The molecule has 20 heavy (non-hydrogen) atoms. The van der Waals surface area contributed by atoms with Crippen LogP contribution in [0.5, 0.6) is 5.75 Å². The second kappa shape index (κ2) is 4.52. The number of rotatable bonds is 2. The van der Waals surface area contributed by atoms with Crippen LogP contribution in [0.1, 0.15) is 23.1 Å². The number of phenolic OH excluding ortho intramolecular Hbond substituents is 1. The smallest absolute Gasteiger partial charge is 0.356 e. The first-order chi connectivity index (χ1) is 9.63. The van der Waals surface area contributed by atoms with Crippen molar-refractivity contribution < 1.29 is 14.6 Å². The number of methoxy groups -OCH3 is 1. The molecule has 2 heterocycles. The van der Waals surface area contributed by atoms with Gasteiger partial charge in [0, 0.05) is 16.3 Å². The van der Waals surface area contributed by atoms with E-state index in [1.54, 1.807) is 18.2 Å². The maximum Gasteiger partial charge on any atom is 0.356 e. The Bertz CT molecular complexity index is 821. The summed E-state index contributed by atoms with van der Waals surface area (Å²) >= 11 is 0. The molecule has 0 atom stereocenters. The molecule has 3 aromatic rings. The summed E-state index contributed by atoms with van der Waals surface area (Å²) in [5.74, 6) is -0.274. The number of ether oxygens (including phenoxy) is 1. The van der Waals surface area contributed by atoms with Gasteiger partial charge in [-0.05, 0) is 30.7 Å². The third-order valence-electron chi connectivity index (χ3n) is 3.38. The van der Waals surface area contributed by atoms with E-state index in [2.05, 4.69) is 9.97 Å². The Morgan fingerprint density at radius 1 is 1.35 bits per heavy atom. The van der Waals surface area contributed by atoms with E-state index in [0.29, 0.717) is 6.42 Å². The topological polar surface area (TPSA) is 75.2 Å². The van der Waals surface area contributed by atoms with E-state index < -0.39 is 5.97 Å². The molecular formula is C15H14N2O3. The van der Waals surface area contributed by atoms with Crippen LogP contribution >= 0.6 is 0 Å². The molecule has 0 spiro atoms. The van der Waals surface area contributed by atoms with Gasteiger partial charge in [0.2, 0.25) is 0 Å². The van der Waals surface area contributed by atoms with Crippen LogP contribution in [0.3, 0.4) is 0 Å². The van der Waals surface area contributed by atoms with Gasteiger partial charge in [0.15, 0.2) is 0 Å². The number of nitrogens with zero attached hydrogens (tertiary/aromatic N) is 1. The van der Waals surface area contributed by atoms with Gasteiger partial charge < -0.3 is 14.8 Å². The number of aromatic amines is 1. The molecular weight excluding hydrogens is 256 g/mol. The highest BCUT2D eigenvalue weighted by Crippen LogP contribution is 2.30. The second-order valence-electron chi connectivity index (χ2n) is 4.58. The van der Waals surface area contributed by atoms with Crippen LogP contribution < -0.4 is 0 Å². The largest absolute Gasteiger partial charge is 0.508 e. The summed E-state index contributed by atoms with van der Waals surface area (Å²) in [6.45, 7) is 1.98. The Morgan fingerprint density at radius 3 is 2.85 bits per heavy atom. The maximum atomic E-state index is 11.7. The van der Waals surface area contributed by atoms with Gasteiger partial charge >= 0.3 is 5.97 Å². The Morgan fingerprint density at radius 2 is 2.15 bits per heavy atom. The molecule has 0 fully saturated rings. The van der Waals surface area contributed by atoms with E-state index >= 15 is 0 Å². The number of esters is 1. The van der Waals surface area contributed by atoms with Crippen molar-refractivity contribution in [3.05, 3.63) is 35.7 Å². The van der Waals surface area contributed by atoms with Gasteiger partial charge in [-0.15, -0.1) is 0 Å². The average Bonchev–Trinajstić information content (AvgIpc) is 2.83. The Balaban J connectivity index is 2.41. The van der Waals surface area contributed by atoms with Crippen LogP contribution in [0, 0.1) is 0 Å². The molecule has 0 unspecified atom stereocenters. The summed E-state index contributed by atoms with van der Waals surface area (Å²) in [6.07, 6.45) is 0.695. The molecule has 102 valence electrons. The van der Waals surface area contributed by atoms with Crippen molar-refractivity contribution in [2.75, 3.05) is 7.11 Å². The molecule has 2 N–H and O–H groups in total. The number of aryl methyl sites for hydroxylation is 1. The highest BCUT2D eigenvalue weighted by Gasteiger charge is 2.15. The first-order valence-electron chi connectivity index (χ1n) is 6.36. The number of carbonyl (C=O) groups excluding carboxylic acids is 1. The van der Waals surface area contributed by atoms with Crippen molar-refractivity contribution in [1.29, 1.82) is 0 Å². The molecule has 0 radical (unpaired) electrons. The molecule has 2 aromatic heterocycles. The van der Waals surface area contributed by atoms with E-state index in [4.69, 9.17) is 4.74 Å². The van der Waals surface area contributed by atoms with E-state index in [0.717, 1.165) is 27.5 Å². The lowest BCUT2D eigenvalue weighted by molar-refractivity contribution is 0.0594. The monoisotopic (exact) mass is 270 g/mol. The van der Waals surface area contributed by atoms with Crippen LogP contribution in [0.4, 0.5) is 0 Å². The molecule has 5 nitrogen and oxygen atoms in total. The van der Waals surface area contributed by atoms with E-state index in [1.807, 2.05) is 13.0 Å². The van der Waals surface area contributed by atoms with Crippen molar-refractivity contribution in [3.8, 4) is 5.75 Å². The fourth-order valence-corrected chi connectivity index (χ4v) is 2.41. The van der Waals surface area contributed by atoms with Crippen LogP contribution in [0.25, 0.3) is 21.8 Å². The highest BCUT2D eigenvalue weighted by atomic mass is 16.5. The summed E-state index contributed by atoms with van der Waals surface area (Å²) < 4.78 is 4.74. The van der Waals surface area contributed by atoms with Gasteiger partial charge in [0.1, 0.15) is 11.4 Å². The fraction of sp³-hybridized carbons (Fsp3) is 0.200. The minimum absolute atomic E-state index is 0.188. The van der Waals surface area contributed by atoms with Crippen molar-refractivity contribution in [3.63, 3.8) is 0 Å². The van der Waals surface area contributed by atoms with Gasteiger partial charge in [0.25, 0.3) is 0 Å². The predicted molar refractivity (Wildman–Crippen MR) is 76.0 cm³/mol. The van der Waals surface area contributed by atoms with Crippen molar-refractivity contribution in [2.24, 2.45) is 0 Å². The average molecular weight is 270 g/mol. The minimum atomic E-state index is -0.462. The molecule has 0 aliphatic rings. The number of hydrogen-bond donors (Lipinski definition) is 2. The summed E-state index contributed by atoms with van der Waals surface area (Å²) in [5.41, 5.74) is 2.87. The molecule has 0 aliphatic carbocycles. The first-order valence-corrected chi connectivity index (χ1v) is 6.36. The van der Waals surface area contributed by atoms with Crippen molar-refractivity contribution >= 4 is 27.8 Å². The molecule has 1 aromatic carbocycles. The SMILES string of the molecule is CCc1nc(C(=O)OC)cc2c1[nH]c1ccc(O)cc12. The second-order valence-corrected chi connectivity index (χ2v) is 4.58. The lowest BCUT2D eigenvalue weighted by Gasteiger charge is -2.03. The van der Waals surface area contributed by atoms with Crippen LogP contribution in [-0.4, -0.2) is 28.2 Å². The summed E-state index contributed by atoms with van der Waals surface area (Å²) in [7, 11) is 1.33. The number of hydrogen-bond acceptors (Lipinski definition) is 4. The number of nitrogens with one attached hydrogen (secondary N) is 1. The number of pyridine rings is 1. The number of aromatic nitrogens is 2. The Hall–Kier alpha value is -2.56. The maximum absolute atomic E-state index is 11.7. The van der Waals surface area contributed by atoms with Crippen LogP contribution in [0.2, 0.25) is 0 Å². The summed E-state index contributed by atoms with van der Waals surface area (Å²) in [5, 5.41) is 11.4. The third-order valence-corrected chi connectivity index (χ3v) is 3.38. The number of aromatic hydroxyl groups is 1.